The Kier molecular flexibility index (Phi) is 6.30. The molecule has 0 aliphatic carbocycles. The van der Waals surface area contributed by atoms with E-state index in [-0.39, 0.29) is 12.1 Å². The normalized spacial score (nSPS) is 17.6. The number of aromatic nitrogens is 2. The van der Waals surface area contributed by atoms with Crippen molar-refractivity contribution in [2.45, 2.75) is 26.3 Å². The fourth-order valence-electron chi connectivity index (χ4n) is 4.93. The van der Waals surface area contributed by atoms with E-state index in [0.29, 0.717) is 48.5 Å². The van der Waals surface area contributed by atoms with Crippen LogP contribution < -0.4 is 14.4 Å². The molecule has 36 heavy (non-hydrogen) atoms. The lowest BCUT2D eigenvalue weighted by Crippen LogP contribution is -2.54. The fraction of sp³-hybridized carbons (Fsp3) is 0.296. The number of ether oxygens (including phenoxy) is 2. The average Bonchev–Trinajstić information content (AvgIpc) is 2.87. The van der Waals surface area contributed by atoms with Crippen LogP contribution in [0.1, 0.15) is 25.0 Å². The van der Waals surface area contributed by atoms with Gasteiger partial charge in [-0.15, -0.1) is 0 Å². The van der Waals surface area contributed by atoms with Crippen LogP contribution in [-0.2, 0) is 11.2 Å². The number of carbonyl (C=O) groups is 1. The number of allylic oxidation sites excluding steroid dienone is 1. The molecule has 7 nitrogen and oxygen atoms in total. The molecule has 0 radical (unpaired) electrons. The highest BCUT2D eigenvalue weighted by Crippen LogP contribution is 2.41. The predicted octanol–water partition coefficient (Wildman–Crippen LogP) is 5.18. The number of piperazine rings is 1. The summed E-state index contributed by atoms with van der Waals surface area (Å²) < 4.78 is 25.3. The summed E-state index contributed by atoms with van der Waals surface area (Å²) in [5, 5.41) is 2.59. The first-order chi connectivity index (χ1) is 17.3. The molecule has 2 aliphatic heterocycles. The molecule has 1 amide bonds. The van der Waals surface area contributed by atoms with E-state index in [0.717, 1.165) is 27.5 Å². The highest BCUT2D eigenvalue weighted by molar-refractivity contribution is 6.36. The SMILES string of the molecule is C=C(F)C(=O)N1CCN(c2nc(OC)nc3c2CC(C)=C(c2cccc4cccc(Cl)c24)O3)C[C@H]1C. The van der Waals surface area contributed by atoms with Gasteiger partial charge in [0.25, 0.3) is 5.91 Å². The molecule has 5 rings (SSSR count). The van der Waals surface area contributed by atoms with Crippen LogP contribution in [-0.4, -0.2) is 53.6 Å². The van der Waals surface area contributed by atoms with Crippen LogP contribution in [0.3, 0.4) is 0 Å². The summed E-state index contributed by atoms with van der Waals surface area (Å²) in [5.74, 6) is 0.184. The monoisotopic (exact) mass is 508 g/mol. The van der Waals surface area contributed by atoms with E-state index in [1.54, 1.807) is 0 Å². The van der Waals surface area contributed by atoms with Crippen LogP contribution in [0.25, 0.3) is 16.5 Å². The van der Waals surface area contributed by atoms with Gasteiger partial charge in [-0.1, -0.05) is 48.5 Å². The quantitative estimate of drug-likeness (QED) is 0.452. The zero-order valence-electron chi connectivity index (χ0n) is 20.3. The topological polar surface area (TPSA) is 67.8 Å². The highest BCUT2D eigenvalue weighted by atomic mass is 35.5. The molecule has 2 aromatic carbocycles. The molecule has 0 unspecified atom stereocenters. The number of halogens is 2. The van der Waals surface area contributed by atoms with E-state index in [4.69, 9.17) is 21.1 Å². The van der Waals surface area contributed by atoms with Crippen LogP contribution in [0.5, 0.6) is 11.9 Å². The van der Waals surface area contributed by atoms with E-state index in [1.165, 1.54) is 12.0 Å². The summed E-state index contributed by atoms with van der Waals surface area (Å²) in [6.07, 6.45) is 0.569. The van der Waals surface area contributed by atoms with Gasteiger partial charge in [-0.25, -0.2) is 4.39 Å². The van der Waals surface area contributed by atoms with E-state index in [2.05, 4.69) is 21.4 Å². The second kappa shape index (κ2) is 9.43. The maximum Gasteiger partial charge on any atom is 0.321 e. The summed E-state index contributed by atoms with van der Waals surface area (Å²) >= 11 is 6.58. The summed E-state index contributed by atoms with van der Waals surface area (Å²) in [6, 6.07) is 11.8. The molecule has 3 heterocycles. The number of methoxy groups -OCH3 is 1. The Morgan fingerprint density at radius 3 is 2.67 bits per heavy atom. The lowest BCUT2D eigenvalue weighted by atomic mass is 9.96. The molecule has 0 spiro atoms. The summed E-state index contributed by atoms with van der Waals surface area (Å²) in [7, 11) is 1.51. The Morgan fingerprint density at radius 2 is 1.97 bits per heavy atom. The first-order valence-corrected chi connectivity index (χ1v) is 12.1. The smallest absolute Gasteiger partial charge is 0.321 e. The second-order valence-electron chi connectivity index (χ2n) is 9.05. The van der Waals surface area contributed by atoms with E-state index in [9.17, 15) is 9.18 Å². The van der Waals surface area contributed by atoms with Crippen molar-refractivity contribution in [3.8, 4) is 11.9 Å². The van der Waals surface area contributed by atoms with Gasteiger partial charge in [-0.3, -0.25) is 4.79 Å². The average molecular weight is 509 g/mol. The molecule has 0 saturated carbocycles. The molecule has 1 atom stereocenters. The maximum absolute atomic E-state index is 13.5. The summed E-state index contributed by atoms with van der Waals surface area (Å²) in [5.41, 5.74) is 2.75. The van der Waals surface area contributed by atoms with Gasteiger partial charge in [0, 0.05) is 48.1 Å². The van der Waals surface area contributed by atoms with Gasteiger partial charge < -0.3 is 19.3 Å². The third-order valence-corrected chi connectivity index (χ3v) is 6.97. The number of anilines is 1. The van der Waals surface area contributed by atoms with Crippen molar-refractivity contribution in [1.29, 1.82) is 0 Å². The number of benzene rings is 2. The van der Waals surface area contributed by atoms with Crippen LogP contribution in [0.2, 0.25) is 5.02 Å². The molecule has 1 saturated heterocycles. The van der Waals surface area contributed by atoms with Gasteiger partial charge in [0.2, 0.25) is 5.88 Å². The van der Waals surface area contributed by atoms with Crippen molar-refractivity contribution < 1.29 is 18.7 Å². The molecule has 9 heteroatoms. The van der Waals surface area contributed by atoms with Crippen molar-refractivity contribution in [2.24, 2.45) is 0 Å². The number of rotatable bonds is 4. The second-order valence-corrected chi connectivity index (χ2v) is 9.46. The summed E-state index contributed by atoms with van der Waals surface area (Å²) in [4.78, 5) is 24.9. The van der Waals surface area contributed by atoms with Gasteiger partial charge >= 0.3 is 6.01 Å². The van der Waals surface area contributed by atoms with Crippen molar-refractivity contribution >= 4 is 39.9 Å². The van der Waals surface area contributed by atoms with Crippen LogP contribution in [0.4, 0.5) is 10.2 Å². The Labute approximate surface area is 213 Å². The zero-order chi connectivity index (χ0) is 25.6. The van der Waals surface area contributed by atoms with E-state index < -0.39 is 11.7 Å². The van der Waals surface area contributed by atoms with Gasteiger partial charge in [-0.2, -0.15) is 9.97 Å². The third kappa shape index (κ3) is 4.15. The lowest BCUT2D eigenvalue weighted by Gasteiger charge is -2.41. The number of amides is 1. The Balaban J connectivity index is 1.52. The van der Waals surface area contributed by atoms with Crippen molar-refractivity contribution in [3.05, 3.63) is 70.5 Å². The number of fused-ring (bicyclic) bond motifs is 2. The Hall–Kier alpha value is -3.65. The number of carbonyl (C=O) groups excluding carboxylic acids is 1. The molecule has 0 N–H and O–H groups in total. The Morgan fingerprint density at radius 1 is 1.22 bits per heavy atom. The molecular weight excluding hydrogens is 483 g/mol. The van der Waals surface area contributed by atoms with Crippen molar-refractivity contribution in [1.82, 2.24) is 14.9 Å². The number of hydrogen-bond donors (Lipinski definition) is 0. The first kappa shape index (κ1) is 24.1. The molecule has 186 valence electrons. The van der Waals surface area contributed by atoms with E-state index in [1.807, 2.05) is 50.2 Å². The fourth-order valence-corrected chi connectivity index (χ4v) is 5.21. The van der Waals surface area contributed by atoms with Crippen LogP contribution >= 0.6 is 11.6 Å². The third-order valence-electron chi connectivity index (χ3n) is 6.66. The number of hydrogen-bond acceptors (Lipinski definition) is 6. The molecular formula is C27H26ClFN4O3. The zero-order valence-corrected chi connectivity index (χ0v) is 21.1. The molecule has 2 aliphatic rings. The predicted molar refractivity (Wildman–Crippen MR) is 138 cm³/mol. The molecule has 0 bridgehead atoms. The van der Waals surface area contributed by atoms with Gasteiger partial charge in [-0.05, 0) is 30.9 Å². The number of nitrogens with zero attached hydrogens (tertiary/aromatic N) is 4. The van der Waals surface area contributed by atoms with Crippen LogP contribution in [0, 0.1) is 0 Å². The largest absolute Gasteiger partial charge is 0.467 e. The lowest BCUT2D eigenvalue weighted by molar-refractivity contribution is -0.131. The minimum atomic E-state index is -0.952. The summed E-state index contributed by atoms with van der Waals surface area (Å²) in [6.45, 7) is 8.34. The molecule has 3 aromatic rings. The van der Waals surface area contributed by atoms with Gasteiger partial charge in [0.05, 0.1) is 12.7 Å². The minimum absolute atomic E-state index is 0.182. The van der Waals surface area contributed by atoms with Gasteiger partial charge in [0.1, 0.15) is 11.6 Å². The van der Waals surface area contributed by atoms with Gasteiger partial charge in [0.15, 0.2) is 5.83 Å². The van der Waals surface area contributed by atoms with Crippen molar-refractivity contribution in [2.75, 3.05) is 31.6 Å². The first-order valence-electron chi connectivity index (χ1n) is 11.7. The minimum Gasteiger partial charge on any atom is -0.467 e. The van der Waals surface area contributed by atoms with E-state index >= 15 is 0 Å². The standard InChI is InChI=1S/C27H26ClFN4O3/c1-15-13-20-24(32-11-12-33(16(2)14-32)26(34)17(3)29)30-27(35-4)31-25(20)36-23(15)19-9-5-7-18-8-6-10-21(28)22(18)19/h5-10,16H,3,11-14H2,1-2,4H3/t16-/m1/s1. The molecule has 1 fully saturated rings. The molecule has 1 aromatic heterocycles. The maximum atomic E-state index is 13.5. The highest BCUT2D eigenvalue weighted by Gasteiger charge is 2.33. The van der Waals surface area contributed by atoms with Crippen molar-refractivity contribution in [3.63, 3.8) is 0 Å². The Bertz CT molecular complexity index is 1420. The van der Waals surface area contributed by atoms with Crippen LogP contribution in [0.15, 0.2) is 54.4 Å².